The first kappa shape index (κ1) is 7.74. The first-order chi connectivity index (χ1) is 5.24. The van der Waals surface area contributed by atoms with Crippen LogP contribution in [-0.2, 0) is 9.53 Å². The van der Waals surface area contributed by atoms with Crippen molar-refractivity contribution in [2.24, 2.45) is 4.99 Å². The zero-order chi connectivity index (χ0) is 8.27. The van der Waals surface area contributed by atoms with Crippen LogP contribution in [0.3, 0.4) is 0 Å². The maximum Gasteiger partial charge on any atom is 0.354 e. The fourth-order valence-corrected chi connectivity index (χ4v) is 0.682. The van der Waals surface area contributed by atoms with Crippen LogP contribution < -0.4 is 0 Å². The molecule has 0 aromatic carbocycles. The highest BCUT2D eigenvalue weighted by Gasteiger charge is 2.15. The van der Waals surface area contributed by atoms with E-state index in [0.29, 0.717) is 0 Å². The number of hydrogen-bond acceptors (Lipinski definition) is 5. The molecule has 0 fully saturated rings. The summed E-state index contributed by atoms with van der Waals surface area (Å²) in [6, 6.07) is 0. The van der Waals surface area contributed by atoms with Crippen molar-refractivity contribution < 1.29 is 14.7 Å². The molecule has 5 heteroatoms. The van der Waals surface area contributed by atoms with Crippen LogP contribution in [0, 0.1) is 0 Å². The number of hydrogen-bond donors (Lipinski definition) is 1. The van der Waals surface area contributed by atoms with E-state index >= 15 is 0 Å². The number of methoxy groups -OCH3 is 1. The quantitative estimate of drug-likeness (QED) is 0.533. The Morgan fingerprint density at radius 1 is 1.91 bits per heavy atom. The monoisotopic (exact) mass is 156 g/mol. The molecule has 0 aliphatic carbocycles. The van der Waals surface area contributed by atoms with E-state index in [-0.39, 0.29) is 12.3 Å². The summed E-state index contributed by atoms with van der Waals surface area (Å²) in [7, 11) is 1.27. The van der Waals surface area contributed by atoms with Crippen molar-refractivity contribution >= 4 is 11.7 Å². The van der Waals surface area contributed by atoms with Crippen molar-refractivity contribution in [1.82, 2.24) is 5.06 Å². The molecule has 0 radical (unpaired) electrons. The Balaban J connectivity index is 2.66. The highest BCUT2D eigenvalue weighted by atomic mass is 16.5. The van der Waals surface area contributed by atoms with Gasteiger partial charge in [-0.05, 0) is 0 Å². The van der Waals surface area contributed by atoms with Gasteiger partial charge in [-0.25, -0.2) is 4.79 Å². The summed E-state index contributed by atoms with van der Waals surface area (Å²) in [5.74, 6) is -0.520. The Morgan fingerprint density at radius 2 is 2.64 bits per heavy atom. The third-order valence-electron chi connectivity index (χ3n) is 1.20. The summed E-state index contributed by atoms with van der Waals surface area (Å²) in [6.07, 6.45) is 2.68. The second kappa shape index (κ2) is 3.16. The topological polar surface area (TPSA) is 62.1 Å². The molecule has 0 bridgehead atoms. The predicted molar refractivity (Wildman–Crippen MR) is 37.1 cm³/mol. The third kappa shape index (κ3) is 1.78. The Hall–Kier alpha value is -1.36. The van der Waals surface area contributed by atoms with Crippen molar-refractivity contribution in [3.05, 3.63) is 12.4 Å². The second-order valence-corrected chi connectivity index (χ2v) is 1.96. The number of nitrogens with zero attached hydrogens (tertiary/aromatic N) is 2. The van der Waals surface area contributed by atoms with Gasteiger partial charge in [0.2, 0.25) is 0 Å². The number of aliphatic imine (C=N–C) groups is 1. The van der Waals surface area contributed by atoms with Crippen molar-refractivity contribution in [1.29, 1.82) is 0 Å². The van der Waals surface area contributed by atoms with Gasteiger partial charge in [0.05, 0.1) is 13.7 Å². The van der Waals surface area contributed by atoms with Crippen molar-refractivity contribution in [3.63, 3.8) is 0 Å². The lowest BCUT2D eigenvalue weighted by molar-refractivity contribution is -0.133. The molecule has 1 rings (SSSR count). The standard InChI is InChI=1S/C6H8N2O3/c1-11-6(9)5-4-8(10)3-2-7-5/h2-3,10H,4H2,1H3. The van der Waals surface area contributed by atoms with Gasteiger partial charge in [-0.3, -0.25) is 15.3 Å². The smallest absolute Gasteiger partial charge is 0.354 e. The van der Waals surface area contributed by atoms with E-state index in [9.17, 15) is 4.79 Å². The van der Waals surface area contributed by atoms with E-state index in [1.807, 2.05) is 0 Å². The van der Waals surface area contributed by atoms with E-state index in [4.69, 9.17) is 5.21 Å². The molecule has 1 aliphatic rings. The maximum atomic E-state index is 10.8. The van der Waals surface area contributed by atoms with Gasteiger partial charge >= 0.3 is 5.97 Å². The maximum absolute atomic E-state index is 10.8. The minimum Gasteiger partial charge on any atom is -0.464 e. The molecular formula is C6H8N2O3. The average molecular weight is 156 g/mol. The molecule has 0 aromatic heterocycles. The fraction of sp³-hybridized carbons (Fsp3) is 0.333. The summed E-state index contributed by atoms with van der Waals surface area (Å²) in [4.78, 5) is 14.5. The van der Waals surface area contributed by atoms with Crippen LogP contribution in [0.5, 0.6) is 0 Å². The van der Waals surface area contributed by atoms with Gasteiger partial charge < -0.3 is 4.74 Å². The van der Waals surface area contributed by atoms with Gasteiger partial charge in [-0.15, -0.1) is 0 Å². The molecule has 0 spiro atoms. The molecule has 1 N–H and O–H groups in total. The van der Waals surface area contributed by atoms with Crippen LogP contribution in [0.1, 0.15) is 0 Å². The lowest BCUT2D eigenvalue weighted by atomic mass is 10.3. The van der Waals surface area contributed by atoms with Gasteiger partial charge in [-0.1, -0.05) is 0 Å². The molecule has 1 aliphatic heterocycles. The minimum atomic E-state index is -0.520. The number of hydroxylamine groups is 2. The number of carbonyl (C=O) groups is 1. The summed E-state index contributed by atoms with van der Waals surface area (Å²) >= 11 is 0. The highest BCUT2D eigenvalue weighted by molar-refractivity contribution is 6.37. The van der Waals surface area contributed by atoms with Crippen LogP contribution in [0.4, 0.5) is 0 Å². The third-order valence-corrected chi connectivity index (χ3v) is 1.20. The van der Waals surface area contributed by atoms with E-state index in [1.165, 1.54) is 19.5 Å². The average Bonchev–Trinajstić information content (AvgIpc) is 2.03. The van der Waals surface area contributed by atoms with Gasteiger partial charge in [0, 0.05) is 12.4 Å². The molecule has 5 nitrogen and oxygen atoms in total. The normalized spacial score (nSPS) is 16.2. The van der Waals surface area contributed by atoms with E-state index in [0.717, 1.165) is 5.06 Å². The lowest BCUT2D eigenvalue weighted by Crippen LogP contribution is -2.30. The van der Waals surface area contributed by atoms with Crippen molar-refractivity contribution in [2.75, 3.05) is 13.7 Å². The van der Waals surface area contributed by atoms with E-state index in [1.54, 1.807) is 0 Å². The number of rotatable bonds is 1. The molecule has 0 saturated heterocycles. The van der Waals surface area contributed by atoms with Crippen LogP contribution in [-0.4, -0.2) is 35.6 Å². The highest BCUT2D eigenvalue weighted by Crippen LogP contribution is 1.97. The number of esters is 1. The summed E-state index contributed by atoms with van der Waals surface area (Å²) in [6.45, 7) is 0.0726. The van der Waals surface area contributed by atoms with Gasteiger partial charge in [0.1, 0.15) is 5.71 Å². The first-order valence-corrected chi connectivity index (χ1v) is 3.01. The fourth-order valence-electron chi connectivity index (χ4n) is 0.682. The SMILES string of the molecule is COC(=O)C1=NC=CN(O)C1. The van der Waals surface area contributed by atoms with E-state index < -0.39 is 5.97 Å². The number of ether oxygens (including phenoxy) is 1. The molecule has 0 amide bonds. The van der Waals surface area contributed by atoms with Gasteiger partial charge in [0.25, 0.3) is 0 Å². The Bertz CT molecular complexity index is 222. The van der Waals surface area contributed by atoms with Crippen LogP contribution in [0.25, 0.3) is 0 Å². The zero-order valence-electron chi connectivity index (χ0n) is 6.02. The molecule has 0 unspecified atom stereocenters. The molecular weight excluding hydrogens is 148 g/mol. The van der Waals surface area contributed by atoms with Crippen LogP contribution >= 0.6 is 0 Å². The van der Waals surface area contributed by atoms with Gasteiger partial charge in [0.15, 0.2) is 0 Å². The van der Waals surface area contributed by atoms with E-state index in [2.05, 4.69) is 9.73 Å². The molecule has 1 heterocycles. The van der Waals surface area contributed by atoms with Gasteiger partial charge in [-0.2, -0.15) is 0 Å². The van der Waals surface area contributed by atoms with Crippen LogP contribution in [0.2, 0.25) is 0 Å². The Labute approximate surface area is 63.5 Å². The molecule has 0 saturated carbocycles. The minimum absolute atomic E-state index is 0.0726. The molecule has 0 aromatic rings. The number of carbonyl (C=O) groups excluding carboxylic acids is 1. The molecule has 0 atom stereocenters. The zero-order valence-corrected chi connectivity index (χ0v) is 6.02. The molecule has 11 heavy (non-hydrogen) atoms. The summed E-state index contributed by atoms with van der Waals surface area (Å²) < 4.78 is 4.40. The first-order valence-electron chi connectivity index (χ1n) is 3.01. The predicted octanol–water partition coefficient (Wildman–Crippen LogP) is -0.224. The molecule has 60 valence electrons. The van der Waals surface area contributed by atoms with Crippen LogP contribution in [0.15, 0.2) is 17.4 Å². The van der Waals surface area contributed by atoms with Crippen molar-refractivity contribution in [2.45, 2.75) is 0 Å². The lowest BCUT2D eigenvalue weighted by Gasteiger charge is -2.14. The Morgan fingerprint density at radius 3 is 3.18 bits per heavy atom. The van der Waals surface area contributed by atoms with Crippen molar-refractivity contribution in [3.8, 4) is 0 Å². The largest absolute Gasteiger partial charge is 0.464 e. The Kier molecular flexibility index (Phi) is 2.22. The summed E-state index contributed by atoms with van der Waals surface area (Å²) in [5.41, 5.74) is 0.192. The summed E-state index contributed by atoms with van der Waals surface area (Å²) in [5, 5.41) is 9.74. The second-order valence-electron chi connectivity index (χ2n) is 1.96.